The summed E-state index contributed by atoms with van der Waals surface area (Å²) >= 11 is 1.69. The van der Waals surface area contributed by atoms with E-state index >= 15 is 0 Å². The Labute approximate surface area is 117 Å². The van der Waals surface area contributed by atoms with E-state index in [1.54, 1.807) is 18.3 Å². The summed E-state index contributed by atoms with van der Waals surface area (Å²) in [5.74, 6) is -1.20. The Bertz CT molecular complexity index is 445. The van der Waals surface area contributed by atoms with E-state index in [9.17, 15) is 9.59 Å². The quantitative estimate of drug-likeness (QED) is 0.603. The van der Waals surface area contributed by atoms with Gasteiger partial charge in [-0.15, -0.1) is 11.3 Å². The van der Waals surface area contributed by atoms with Gasteiger partial charge < -0.3 is 15.8 Å². The van der Waals surface area contributed by atoms with E-state index in [2.05, 4.69) is 5.32 Å². The first kappa shape index (κ1) is 15.7. The van der Waals surface area contributed by atoms with Crippen molar-refractivity contribution in [2.45, 2.75) is 39.3 Å². The third kappa shape index (κ3) is 5.00. The van der Waals surface area contributed by atoms with Crippen LogP contribution in [-0.2, 0) is 20.7 Å². The first-order chi connectivity index (χ1) is 8.93. The molecule has 1 heterocycles. The van der Waals surface area contributed by atoms with Gasteiger partial charge in [-0.2, -0.15) is 0 Å². The first-order valence-electron chi connectivity index (χ1n) is 6.22. The molecule has 0 fully saturated rings. The molecule has 2 atom stereocenters. The zero-order valence-corrected chi connectivity index (χ0v) is 12.3. The van der Waals surface area contributed by atoms with Crippen LogP contribution >= 0.6 is 11.3 Å². The zero-order chi connectivity index (χ0) is 14.4. The van der Waals surface area contributed by atoms with Crippen molar-refractivity contribution in [1.82, 2.24) is 5.32 Å². The van der Waals surface area contributed by atoms with E-state index in [1.165, 1.54) is 9.75 Å². The number of carbonyl (C=O) groups excluding carboxylic acids is 2. The molecule has 1 aromatic heterocycles. The largest absolute Gasteiger partial charge is 0.464 e. The van der Waals surface area contributed by atoms with Crippen molar-refractivity contribution >= 4 is 23.2 Å². The molecule has 0 aliphatic rings. The molecular weight excluding hydrogens is 264 g/mol. The summed E-state index contributed by atoms with van der Waals surface area (Å²) in [5.41, 5.74) is 5.51. The Morgan fingerprint density at radius 2 is 2.16 bits per heavy atom. The van der Waals surface area contributed by atoms with Crippen LogP contribution in [0.5, 0.6) is 0 Å². The van der Waals surface area contributed by atoms with Gasteiger partial charge >= 0.3 is 5.97 Å². The zero-order valence-electron chi connectivity index (χ0n) is 11.4. The third-order valence-electron chi connectivity index (χ3n) is 2.52. The van der Waals surface area contributed by atoms with E-state index in [-0.39, 0.29) is 12.6 Å². The number of esters is 1. The molecule has 0 radical (unpaired) electrons. The molecule has 0 aliphatic heterocycles. The van der Waals surface area contributed by atoms with E-state index in [4.69, 9.17) is 10.5 Å². The number of thiophene rings is 1. The topological polar surface area (TPSA) is 81.4 Å². The van der Waals surface area contributed by atoms with Crippen molar-refractivity contribution in [3.63, 3.8) is 0 Å². The maximum absolute atomic E-state index is 11.7. The predicted octanol–water partition coefficient (Wildman–Crippen LogP) is 0.994. The van der Waals surface area contributed by atoms with Crippen LogP contribution in [0, 0.1) is 6.92 Å². The molecule has 6 heteroatoms. The lowest BCUT2D eigenvalue weighted by Crippen LogP contribution is -2.49. The summed E-state index contributed by atoms with van der Waals surface area (Å²) in [7, 11) is 0. The summed E-state index contributed by atoms with van der Waals surface area (Å²) in [4.78, 5) is 25.5. The van der Waals surface area contributed by atoms with Crippen molar-refractivity contribution in [3.05, 3.63) is 21.9 Å². The minimum Gasteiger partial charge on any atom is -0.464 e. The fourth-order valence-electron chi connectivity index (χ4n) is 1.62. The lowest BCUT2D eigenvalue weighted by molar-refractivity contribution is -0.148. The van der Waals surface area contributed by atoms with Gasteiger partial charge in [0.1, 0.15) is 0 Å². The fraction of sp³-hybridized carbons (Fsp3) is 0.538. The third-order valence-corrected chi connectivity index (χ3v) is 3.54. The van der Waals surface area contributed by atoms with Crippen molar-refractivity contribution in [1.29, 1.82) is 0 Å². The number of aryl methyl sites for hydroxylation is 1. The Balaban J connectivity index is 2.45. The molecule has 0 aliphatic carbocycles. The van der Waals surface area contributed by atoms with E-state index in [0.717, 1.165) is 6.42 Å². The molecule has 0 aromatic carbocycles. The SMILES string of the molecule is CCOC(=O)C(N)C(=O)NC(C)Cc1ccc(C)s1. The second-order valence-corrected chi connectivity index (χ2v) is 5.73. The molecule has 0 saturated heterocycles. The first-order valence-corrected chi connectivity index (χ1v) is 7.03. The summed E-state index contributed by atoms with van der Waals surface area (Å²) in [6, 6.07) is 2.74. The minimum atomic E-state index is -1.26. The number of amides is 1. The van der Waals surface area contributed by atoms with Crippen molar-refractivity contribution in [3.8, 4) is 0 Å². The van der Waals surface area contributed by atoms with Crippen LogP contribution in [0.2, 0.25) is 0 Å². The number of carbonyl (C=O) groups is 2. The number of rotatable bonds is 6. The molecule has 0 spiro atoms. The summed E-state index contributed by atoms with van der Waals surface area (Å²) < 4.78 is 4.71. The maximum Gasteiger partial charge on any atom is 0.332 e. The summed E-state index contributed by atoms with van der Waals surface area (Å²) in [6.07, 6.45) is 0.722. The van der Waals surface area contributed by atoms with Crippen LogP contribution in [0.3, 0.4) is 0 Å². The van der Waals surface area contributed by atoms with Gasteiger partial charge in [0.15, 0.2) is 6.04 Å². The van der Waals surface area contributed by atoms with Crippen molar-refractivity contribution < 1.29 is 14.3 Å². The van der Waals surface area contributed by atoms with Crippen LogP contribution in [0.1, 0.15) is 23.6 Å². The number of ether oxygens (including phenoxy) is 1. The van der Waals surface area contributed by atoms with E-state index in [0.29, 0.717) is 0 Å². The van der Waals surface area contributed by atoms with Crippen LogP contribution in [0.4, 0.5) is 0 Å². The van der Waals surface area contributed by atoms with Gasteiger partial charge in [-0.3, -0.25) is 4.79 Å². The van der Waals surface area contributed by atoms with Gasteiger partial charge in [-0.05, 0) is 32.9 Å². The van der Waals surface area contributed by atoms with Gasteiger partial charge in [-0.25, -0.2) is 4.79 Å². The molecule has 106 valence electrons. The molecule has 2 unspecified atom stereocenters. The average molecular weight is 284 g/mol. The van der Waals surface area contributed by atoms with E-state index < -0.39 is 17.9 Å². The molecule has 1 amide bonds. The lowest BCUT2D eigenvalue weighted by atomic mass is 10.2. The lowest BCUT2D eigenvalue weighted by Gasteiger charge is -2.16. The Morgan fingerprint density at radius 1 is 1.47 bits per heavy atom. The molecular formula is C13H20N2O3S. The van der Waals surface area contributed by atoms with Crippen molar-refractivity contribution in [2.24, 2.45) is 5.73 Å². The molecule has 1 aromatic rings. The molecule has 0 bridgehead atoms. The highest BCUT2D eigenvalue weighted by molar-refractivity contribution is 7.11. The van der Waals surface area contributed by atoms with Crippen LogP contribution in [-0.4, -0.2) is 30.6 Å². The van der Waals surface area contributed by atoms with Gasteiger partial charge in [0.2, 0.25) is 5.91 Å². The van der Waals surface area contributed by atoms with Gasteiger partial charge in [0.25, 0.3) is 0 Å². The van der Waals surface area contributed by atoms with Crippen molar-refractivity contribution in [2.75, 3.05) is 6.61 Å². The number of nitrogens with one attached hydrogen (secondary N) is 1. The van der Waals surface area contributed by atoms with Gasteiger partial charge in [-0.1, -0.05) is 0 Å². The monoisotopic (exact) mass is 284 g/mol. The summed E-state index contributed by atoms with van der Waals surface area (Å²) in [6.45, 7) is 5.80. The maximum atomic E-state index is 11.7. The number of nitrogens with two attached hydrogens (primary N) is 1. The fourth-order valence-corrected chi connectivity index (χ4v) is 2.64. The summed E-state index contributed by atoms with van der Waals surface area (Å²) in [5, 5.41) is 2.72. The smallest absolute Gasteiger partial charge is 0.332 e. The predicted molar refractivity (Wildman–Crippen MR) is 75.0 cm³/mol. The highest BCUT2D eigenvalue weighted by atomic mass is 32.1. The highest BCUT2D eigenvalue weighted by Crippen LogP contribution is 2.16. The Kier molecular flexibility index (Phi) is 5.98. The Hall–Kier alpha value is -1.40. The van der Waals surface area contributed by atoms with E-state index in [1.807, 2.05) is 26.0 Å². The Morgan fingerprint density at radius 3 is 2.68 bits per heavy atom. The second kappa shape index (κ2) is 7.25. The van der Waals surface area contributed by atoms with Gasteiger partial charge in [0, 0.05) is 22.2 Å². The highest BCUT2D eigenvalue weighted by Gasteiger charge is 2.24. The molecule has 5 nitrogen and oxygen atoms in total. The minimum absolute atomic E-state index is 0.0778. The van der Waals surface area contributed by atoms with Crippen LogP contribution in [0.25, 0.3) is 0 Å². The number of hydrogen-bond donors (Lipinski definition) is 2. The van der Waals surface area contributed by atoms with Crippen LogP contribution < -0.4 is 11.1 Å². The van der Waals surface area contributed by atoms with Crippen LogP contribution in [0.15, 0.2) is 12.1 Å². The van der Waals surface area contributed by atoms with Gasteiger partial charge in [0.05, 0.1) is 6.61 Å². The molecule has 19 heavy (non-hydrogen) atoms. The standard InChI is InChI=1S/C13H20N2O3S/c1-4-18-13(17)11(14)12(16)15-8(2)7-10-6-5-9(3)19-10/h5-6,8,11H,4,7,14H2,1-3H3,(H,15,16). The second-order valence-electron chi connectivity index (χ2n) is 4.36. The molecule has 3 N–H and O–H groups in total. The normalized spacial score (nSPS) is 13.7. The number of hydrogen-bond acceptors (Lipinski definition) is 5. The average Bonchev–Trinajstić information content (AvgIpc) is 2.73. The molecule has 1 rings (SSSR count). The molecule has 0 saturated carbocycles.